The third-order valence-corrected chi connectivity index (χ3v) is 8.46. The molecule has 0 saturated heterocycles. The average molecular weight is 507 g/mol. The summed E-state index contributed by atoms with van der Waals surface area (Å²) in [6.07, 6.45) is 6.63. The van der Waals surface area contributed by atoms with Crippen LogP contribution >= 0.6 is 0 Å². The van der Waals surface area contributed by atoms with Crippen molar-refractivity contribution in [1.29, 1.82) is 0 Å². The lowest BCUT2D eigenvalue weighted by Gasteiger charge is -2.47. The van der Waals surface area contributed by atoms with E-state index in [1.165, 1.54) is 40.8 Å². The quantitative estimate of drug-likeness (QED) is 0.375. The highest BCUT2D eigenvalue weighted by Crippen LogP contribution is 2.49. The monoisotopic (exact) mass is 506 g/mol. The second-order valence-electron chi connectivity index (χ2n) is 12.7. The number of carbonyl (C=O) groups excluding carboxylic acids is 1. The van der Waals surface area contributed by atoms with Crippen molar-refractivity contribution >= 4 is 22.9 Å². The molecular formula is C35H42N2O. The highest BCUT2D eigenvalue weighted by Gasteiger charge is 2.43. The Balaban J connectivity index is 1.57. The number of para-hydroxylation sites is 1. The fraction of sp³-hybridized carbons (Fsp3) is 0.400. The highest BCUT2D eigenvalue weighted by molar-refractivity contribution is 6.10. The maximum atomic E-state index is 14.0. The molecular weight excluding hydrogens is 464 g/mol. The van der Waals surface area contributed by atoms with E-state index >= 15 is 0 Å². The lowest BCUT2D eigenvalue weighted by molar-refractivity contribution is 0.0970. The van der Waals surface area contributed by atoms with Gasteiger partial charge in [-0.2, -0.15) is 0 Å². The molecule has 2 aliphatic heterocycles. The molecule has 38 heavy (non-hydrogen) atoms. The predicted octanol–water partition coefficient (Wildman–Crippen LogP) is 8.77. The van der Waals surface area contributed by atoms with Crippen LogP contribution in [-0.4, -0.2) is 17.0 Å². The minimum atomic E-state index is -0.427. The molecule has 0 aromatic heterocycles. The summed E-state index contributed by atoms with van der Waals surface area (Å²) in [7, 11) is 0. The third-order valence-electron chi connectivity index (χ3n) is 8.46. The highest BCUT2D eigenvalue weighted by atomic mass is 16.2. The van der Waals surface area contributed by atoms with Gasteiger partial charge in [0.1, 0.15) is 0 Å². The fourth-order valence-corrected chi connectivity index (χ4v) is 6.79. The van der Waals surface area contributed by atoms with Crippen molar-refractivity contribution in [3.8, 4) is 0 Å². The number of carbonyl (C=O) groups is 1. The molecule has 198 valence electrons. The molecule has 3 nitrogen and oxygen atoms in total. The summed E-state index contributed by atoms with van der Waals surface area (Å²) in [5, 5.41) is 3.73. The van der Waals surface area contributed by atoms with Crippen molar-refractivity contribution in [1.82, 2.24) is 0 Å². The SMILES string of the molecule is CCCCc1ccc(C(=O)N2c3ccc([C@]4(C)CC(C)(C)Nc5ccccc54)cc3C(C)=CC2(C)C)cc1. The fourth-order valence-electron chi connectivity index (χ4n) is 6.79. The van der Waals surface area contributed by atoms with Gasteiger partial charge in [-0.25, -0.2) is 0 Å². The number of anilines is 2. The molecule has 0 unspecified atom stereocenters. The van der Waals surface area contributed by atoms with Crippen LogP contribution in [0.3, 0.4) is 0 Å². The Labute approximate surface area is 229 Å². The Morgan fingerprint density at radius 3 is 2.37 bits per heavy atom. The molecule has 3 aromatic rings. The first-order valence-corrected chi connectivity index (χ1v) is 14.1. The topological polar surface area (TPSA) is 32.3 Å². The van der Waals surface area contributed by atoms with E-state index < -0.39 is 5.54 Å². The van der Waals surface area contributed by atoms with E-state index in [0.29, 0.717) is 0 Å². The number of aryl methyl sites for hydroxylation is 1. The third kappa shape index (κ3) is 4.57. The molecule has 0 bridgehead atoms. The Morgan fingerprint density at radius 1 is 0.947 bits per heavy atom. The minimum Gasteiger partial charge on any atom is -0.380 e. The van der Waals surface area contributed by atoms with E-state index in [1.54, 1.807) is 0 Å². The van der Waals surface area contributed by atoms with E-state index in [4.69, 9.17) is 0 Å². The van der Waals surface area contributed by atoms with Crippen molar-refractivity contribution in [3.05, 3.63) is 101 Å². The van der Waals surface area contributed by atoms with Crippen molar-refractivity contribution in [2.45, 2.75) is 90.6 Å². The second-order valence-corrected chi connectivity index (χ2v) is 12.7. The average Bonchev–Trinajstić information content (AvgIpc) is 2.86. The molecule has 0 aliphatic carbocycles. The summed E-state index contributed by atoms with van der Waals surface area (Å²) in [5.41, 5.74) is 8.60. The van der Waals surface area contributed by atoms with Crippen LogP contribution in [0.5, 0.6) is 0 Å². The van der Waals surface area contributed by atoms with Gasteiger partial charge in [-0.3, -0.25) is 9.69 Å². The van der Waals surface area contributed by atoms with Crippen LogP contribution in [0.15, 0.2) is 72.8 Å². The molecule has 2 heterocycles. The van der Waals surface area contributed by atoms with Crippen molar-refractivity contribution in [2.75, 3.05) is 10.2 Å². The van der Waals surface area contributed by atoms with Gasteiger partial charge in [0.25, 0.3) is 5.91 Å². The standard InChI is InChI=1S/C35H42N2O/c1-8-9-12-25-15-17-26(18-16-25)32(38)37-31-20-19-27(21-28(31)24(2)22-34(37,5)6)35(7)23-33(3,4)36-30-14-11-10-13-29(30)35/h10-11,13-22,36H,8-9,12,23H2,1-7H3/t35-/m0/s1. The number of unbranched alkanes of at least 4 members (excludes halogenated alkanes) is 1. The number of benzene rings is 3. The lowest BCUT2D eigenvalue weighted by atomic mass is 9.65. The van der Waals surface area contributed by atoms with Gasteiger partial charge in [0, 0.05) is 27.8 Å². The molecule has 3 aromatic carbocycles. The number of fused-ring (bicyclic) bond motifs is 2. The Bertz CT molecular complexity index is 1400. The normalized spacial score (nSPS) is 21.1. The van der Waals surface area contributed by atoms with Gasteiger partial charge < -0.3 is 5.32 Å². The number of nitrogens with one attached hydrogen (secondary N) is 1. The zero-order chi connectivity index (χ0) is 27.3. The van der Waals surface area contributed by atoms with Crippen LogP contribution in [0.25, 0.3) is 5.57 Å². The van der Waals surface area contributed by atoms with E-state index in [0.717, 1.165) is 29.7 Å². The maximum absolute atomic E-state index is 14.0. The molecule has 0 fully saturated rings. The molecule has 1 atom stereocenters. The van der Waals surface area contributed by atoms with E-state index in [1.807, 2.05) is 17.0 Å². The number of nitrogens with zero attached hydrogens (tertiary/aromatic N) is 1. The van der Waals surface area contributed by atoms with Crippen molar-refractivity contribution < 1.29 is 4.79 Å². The Hall–Kier alpha value is -3.33. The maximum Gasteiger partial charge on any atom is 0.259 e. The molecule has 0 spiro atoms. The molecule has 1 N–H and O–H groups in total. The molecule has 2 aliphatic rings. The first kappa shape index (κ1) is 26.3. The van der Waals surface area contributed by atoms with Crippen LogP contribution in [0.4, 0.5) is 11.4 Å². The number of amides is 1. The first-order valence-electron chi connectivity index (χ1n) is 14.1. The van der Waals surface area contributed by atoms with Crippen molar-refractivity contribution in [2.24, 2.45) is 0 Å². The van der Waals surface area contributed by atoms with E-state index in [2.05, 4.69) is 114 Å². The number of hydrogen-bond acceptors (Lipinski definition) is 2. The molecule has 5 rings (SSSR count). The van der Waals surface area contributed by atoms with Gasteiger partial charge in [-0.05, 0) is 106 Å². The summed E-state index contributed by atoms with van der Waals surface area (Å²) in [6, 6.07) is 23.7. The second kappa shape index (κ2) is 9.45. The lowest BCUT2D eigenvalue weighted by Crippen LogP contribution is -2.49. The van der Waals surface area contributed by atoms with Crippen LogP contribution in [-0.2, 0) is 11.8 Å². The zero-order valence-electron chi connectivity index (χ0n) is 24.1. The van der Waals surface area contributed by atoms with E-state index in [9.17, 15) is 4.79 Å². The minimum absolute atomic E-state index is 0.0306. The molecule has 0 saturated carbocycles. The summed E-state index contributed by atoms with van der Waals surface area (Å²) < 4.78 is 0. The predicted molar refractivity (Wildman–Crippen MR) is 161 cm³/mol. The van der Waals surface area contributed by atoms with Gasteiger partial charge >= 0.3 is 0 Å². The van der Waals surface area contributed by atoms with E-state index in [-0.39, 0.29) is 16.9 Å². The molecule has 3 heteroatoms. The largest absolute Gasteiger partial charge is 0.380 e. The summed E-state index contributed by atoms with van der Waals surface area (Å²) in [5.74, 6) is 0.0503. The summed E-state index contributed by atoms with van der Waals surface area (Å²) >= 11 is 0. The Kier molecular flexibility index (Phi) is 6.54. The van der Waals surface area contributed by atoms with Crippen LogP contribution in [0.1, 0.15) is 100 Å². The zero-order valence-corrected chi connectivity index (χ0v) is 24.1. The van der Waals surface area contributed by atoms with Gasteiger partial charge in [0.15, 0.2) is 0 Å². The van der Waals surface area contributed by atoms with Crippen LogP contribution < -0.4 is 10.2 Å². The van der Waals surface area contributed by atoms with Gasteiger partial charge in [0.05, 0.1) is 11.2 Å². The van der Waals surface area contributed by atoms with Crippen molar-refractivity contribution in [3.63, 3.8) is 0 Å². The summed E-state index contributed by atoms with van der Waals surface area (Å²) in [4.78, 5) is 16.0. The van der Waals surface area contributed by atoms with Crippen LogP contribution in [0.2, 0.25) is 0 Å². The molecule has 1 amide bonds. The Morgan fingerprint density at radius 2 is 1.66 bits per heavy atom. The van der Waals surface area contributed by atoms with Gasteiger partial charge in [0.2, 0.25) is 0 Å². The van der Waals surface area contributed by atoms with Gasteiger partial charge in [-0.1, -0.05) is 62.7 Å². The number of hydrogen-bond donors (Lipinski definition) is 1. The smallest absolute Gasteiger partial charge is 0.259 e. The van der Waals surface area contributed by atoms with Gasteiger partial charge in [-0.15, -0.1) is 0 Å². The van der Waals surface area contributed by atoms with Crippen LogP contribution in [0, 0.1) is 0 Å². The first-order chi connectivity index (χ1) is 17.9. The summed E-state index contributed by atoms with van der Waals surface area (Å²) in [6.45, 7) is 15.6. The molecule has 0 radical (unpaired) electrons. The number of allylic oxidation sites excluding steroid dienone is 1. The number of rotatable bonds is 5.